The number of thioether (sulfide) groups is 1. The largest absolute Gasteiger partial charge is 0.465 e. The Morgan fingerprint density at radius 2 is 1.42 bits per heavy atom. The fourth-order valence-corrected chi connectivity index (χ4v) is 4.77. The molecule has 1 aromatic heterocycles. The van der Waals surface area contributed by atoms with Gasteiger partial charge in [-0.2, -0.15) is 13.2 Å². The minimum absolute atomic E-state index is 0.243. The quantitative estimate of drug-likeness (QED) is 0.202. The normalized spacial score (nSPS) is 12.8. The number of alkyl halides is 5. The summed E-state index contributed by atoms with van der Waals surface area (Å²) >= 11 is 0.553. The third kappa shape index (κ3) is 7.33. The van der Waals surface area contributed by atoms with Gasteiger partial charge in [0, 0.05) is 4.90 Å². The fraction of sp³-hybridized carbons (Fsp3) is 0.536. The SMILES string of the molecule is COC(=O)c1c(C(F)F)nc(C(F)(F)F)c(C(=O)Sc2cc(C(C)(C)C)cc(C(C)(C)C)c2)c1CC(C)C. The second-order valence-electron chi connectivity index (χ2n) is 11.6. The number of rotatable bonds is 6. The van der Waals surface area contributed by atoms with Crippen LogP contribution in [0.15, 0.2) is 23.1 Å². The predicted octanol–water partition coefficient (Wildman–Crippen LogP) is 8.55. The number of halogens is 5. The number of carbonyl (C=O) groups is 2. The number of methoxy groups -OCH3 is 1. The molecule has 0 amide bonds. The first-order chi connectivity index (χ1) is 17.2. The van der Waals surface area contributed by atoms with Crippen LogP contribution in [0.25, 0.3) is 0 Å². The molecule has 0 atom stereocenters. The van der Waals surface area contributed by atoms with Crippen molar-refractivity contribution in [1.82, 2.24) is 4.98 Å². The van der Waals surface area contributed by atoms with E-state index in [9.17, 15) is 31.5 Å². The Labute approximate surface area is 224 Å². The maximum atomic E-state index is 14.2. The summed E-state index contributed by atoms with van der Waals surface area (Å²) in [4.78, 5) is 29.7. The zero-order chi connectivity index (χ0) is 29.4. The van der Waals surface area contributed by atoms with Crippen molar-refractivity contribution in [3.63, 3.8) is 0 Å². The van der Waals surface area contributed by atoms with Crippen LogP contribution in [0.3, 0.4) is 0 Å². The molecule has 0 spiro atoms. The molecule has 0 aliphatic carbocycles. The van der Waals surface area contributed by atoms with Crippen molar-refractivity contribution in [2.24, 2.45) is 5.92 Å². The second-order valence-corrected chi connectivity index (χ2v) is 12.6. The van der Waals surface area contributed by atoms with E-state index in [2.05, 4.69) is 9.72 Å². The first-order valence-electron chi connectivity index (χ1n) is 12.1. The molecular formula is C28H34F5NO3S. The number of pyridine rings is 1. The molecule has 10 heteroatoms. The molecule has 0 radical (unpaired) electrons. The van der Waals surface area contributed by atoms with Crippen molar-refractivity contribution in [2.45, 2.75) is 90.1 Å². The van der Waals surface area contributed by atoms with Gasteiger partial charge in [-0.05, 0) is 63.8 Å². The lowest BCUT2D eigenvalue weighted by molar-refractivity contribution is -0.141. The third-order valence-electron chi connectivity index (χ3n) is 5.86. The lowest BCUT2D eigenvalue weighted by Crippen LogP contribution is -2.24. The number of carbonyl (C=O) groups excluding carboxylic acids is 2. The molecule has 2 rings (SSSR count). The summed E-state index contributed by atoms with van der Waals surface area (Å²) in [5, 5.41) is -1.04. The minimum atomic E-state index is -5.22. The summed E-state index contributed by atoms with van der Waals surface area (Å²) in [5.41, 5.74) is -4.13. The van der Waals surface area contributed by atoms with E-state index in [0.29, 0.717) is 16.7 Å². The standard InChI is InChI=1S/C28H34F5NO3S/c1-14(2)10-18-19(24(35)37-9)21(23(29)30)34-22(28(31,32)33)20(18)25(36)38-17-12-15(26(3,4)5)11-16(13-17)27(6,7)8/h11-14,23H,10H2,1-9H3. The predicted molar refractivity (Wildman–Crippen MR) is 138 cm³/mol. The van der Waals surface area contributed by atoms with Crippen LogP contribution in [0.5, 0.6) is 0 Å². The maximum Gasteiger partial charge on any atom is 0.434 e. The maximum absolute atomic E-state index is 14.2. The number of aromatic nitrogens is 1. The van der Waals surface area contributed by atoms with E-state index in [4.69, 9.17) is 0 Å². The Kier molecular flexibility index (Phi) is 9.45. The van der Waals surface area contributed by atoms with E-state index in [1.807, 2.05) is 47.6 Å². The Bertz CT molecular complexity index is 1180. The van der Waals surface area contributed by atoms with Gasteiger partial charge in [0.2, 0.25) is 5.12 Å². The summed E-state index contributed by atoms with van der Waals surface area (Å²) < 4.78 is 74.9. The Balaban J connectivity index is 2.91. The molecule has 1 heterocycles. The number of nitrogens with zero attached hydrogens (tertiary/aromatic N) is 1. The molecule has 210 valence electrons. The summed E-state index contributed by atoms with van der Waals surface area (Å²) in [7, 11) is 0.927. The van der Waals surface area contributed by atoms with Gasteiger partial charge in [-0.3, -0.25) is 4.79 Å². The number of esters is 1. The summed E-state index contributed by atoms with van der Waals surface area (Å²) in [6.45, 7) is 15.1. The Morgan fingerprint density at radius 3 is 1.79 bits per heavy atom. The molecule has 0 aliphatic heterocycles. The van der Waals surface area contributed by atoms with E-state index >= 15 is 0 Å². The third-order valence-corrected chi connectivity index (χ3v) is 6.72. The monoisotopic (exact) mass is 559 g/mol. The molecular weight excluding hydrogens is 525 g/mol. The zero-order valence-corrected chi connectivity index (χ0v) is 23.9. The molecule has 0 fully saturated rings. The van der Waals surface area contributed by atoms with Crippen molar-refractivity contribution in [3.8, 4) is 0 Å². The van der Waals surface area contributed by atoms with Crippen LogP contribution in [0.2, 0.25) is 0 Å². The Morgan fingerprint density at radius 1 is 0.921 bits per heavy atom. The lowest BCUT2D eigenvalue weighted by Gasteiger charge is -2.26. The highest BCUT2D eigenvalue weighted by molar-refractivity contribution is 8.14. The van der Waals surface area contributed by atoms with Gasteiger partial charge in [0.1, 0.15) is 5.69 Å². The average Bonchev–Trinajstić information content (AvgIpc) is 2.75. The van der Waals surface area contributed by atoms with Gasteiger partial charge in [-0.25, -0.2) is 18.6 Å². The van der Waals surface area contributed by atoms with E-state index in [1.54, 1.807) is 26.0 Å². The number of hydrogen-bond donors (Lipinski definition) is 0. The first-order valence-corrected chi connectivity index (χ1v) is 12.9. The van der Waals surface area contributed by atoms with Crippen molar-refractivity contribution in [2.75, 3.05) is 7.11 Å². The van der Waals surface area contributed by atoms with Gasteiger partial charge < -0.3 is 4.74 Å². The molecule has 0 saturated carbocycles. The molecule has 0 bridgehead atoms. The van der Waals surface area contributed by atoms with Crippen LogP contribution in [0.1, 0.15) is 111 Å². The van der Waals surface area contributed by atoms with Gasteiger partial charge >= 0.3 is 12.1 Å². The Hall–Kier alpha value is -2.49. The van der Waals surface area contributed by atoms with Crippen LogP contribution in [-0.2, 0) is 28.2 Å². The molecule has 4 nitrogen and oxygen atoms in total. The average molecular weight is 560 g/mol. The molecule has 2 aromatic rings. The van der Waals surface area contributed by atoms with Crippen LogP contribution in [0.4, 0.5) is 22.0 Å². The number of hydrogen-bond acceptors (Lipinski definition) is 5. The van der Waals surface area contributed by atoms with Gasteiger partial charge in [0.05, 0.1) is 18.2 Å². The highest BCUT2D eigenvalue weighted by Gasteiger charge is 2.43. The highest BCUT2D eigenvalue weighted by atomic mass is 32.2. The van der Waals surface area contributed by atoms with E-state index in [0.717, 1.165) is 18.2 Å². The molecule has 0 aliphatic rings. The van der Waals surface area contributed by atoms with Crippen molar-refractivity contribution >= 4 is 22.8 Å². The first kappa shape index (κ1) is 31.7. The van der Waals surface area contributed by atoms with Crippen molar-refractivity contribution < 1.29 is 36.3 Å². The van der Waals surface area contributed by atoms with Crippen molar-refractivity contribution in [3.05, 3.63) is 57.4 Å². The van der Waals surface area contributed by atoms with Gasteiger partial charge in [-0.1, -0.05) is 61.5 Å². The van der Waals surface area contributed by atoms with Gasteiger partial charge in [-0.15, -0.1) is 0 Å². The van der Waals surface area contributed by atoms with Crippen LogP contribution < -0.4 is 0 Å². The fourth-order valence-electron chi connectivity index (χ4n) is 3.86. The van der Waals surface area contributed by atoms with Gasteiger partial charge in [0.15, 0.2) is 5.69 Å². The molecule has 0 N–H and O–H groups in total. The summed E-state index contributed by atoms with van der Waals surface area (Å²) in [5.74, 6) is -1.65. The van der Waals surface area contributed by atoms with E-state index in [-0.39, 0.29) is 23.2 Å². The van der Waals surface area contributed by atoms with Crippen molar-refractivity contribution in [1.29, 1.82) is 0 Å². The highest BCUT2D eigenvalue weighted by Crippen LogP contribution is 2.41. The van der Waals surface area contributed by atoms with E-state index < -0.39 is 51.8 Å². The molecule has 1 aromatic carbocycles. The molecule has 38 heavy (non-hydrogen) atoms. The number of ether oxygens (including phenoxy) is 1. The van der Waals surface area contributed by atoms with Crippen LogP contribution >= 0.6 is 11.8 Å². The molecule has 0 unspecified atom stereocenters. The topological polar surface area (TPSA) is 56.3 Å². The minimum Gasteiger partial charge on any atom is -0.465 e. The van der Waals surface area contributed by atoms with Crippen LogP contribution in [-0.4, -0.2) is 23.2 Å². The summed E-state index contributed by atoms with van der Waals surface area (Å²) in [6.07, 6.45) is -8.96. The smallest absolute Gasteiger partial charge is 0.434 e. The zero-order valence-electron chi connectivity index (χ0n) is 23.1. The summed E-state index contributed by atoms with van der Waals surface area (Å²) in [6, 6.07) is 5.46. The number of benzene rings is 1. The van der Waals surface area contributed by atoms with E-state index in [1.165, 1.54) is 0 Å². The van der Waals surface area contributed by atoms with Crippen LogP contribution in [0, 0.1) is 5.92 Å². The second kappa shape index (κ2) is 11.3. The van der Waals surface area contributed by atoms with Gasteiger partial charge in [0.25, 0.3) is 6.43 Å². The lowest BCUT2D eigenvalue weighted by atomic mass is 9.81. The molecule has 0 saturated heterocycles.